The zero-order valence-corrected chi connectivity index (χ0v) is 15.1. The summed E-state index contributed by atoms with van der Waals surface area (Å²) in [5.74, 6) is -1.28. The van der Waals surface area contributed by atoms with Crippen LogP contribution in [-0.2, 0) is 15.1 Å². The third-order valence-corrected chi connectivity index (χ3v) is 4.47. The van der Waals surface area contributed by atoms with E-state index in [-0.39, 0.29) is 30.2 Å². The van der Waals surface area contributed by atoms with Crippen LogP contribution in [0.2, 0.25) is 0 Å². The molecule has 0 aliphatic carbocycles. The number of benzene rings is 2. The number of amidine groups is 1. The lowest BCUT2D eigenvalue weighted by molar-refractivity contribution is -0.122. The molecule has 1 atom stereocenters. The van der Waals surface area contributed by atoms with Crippen LogP contribution in [0, 0.1) is 11.8 Å². The summed E-state index contributed by atoms with van der Waals surface area (Å²) in [5.41, 5.74) is 6.57. The summed E-state index contributed by atoms with van der Waals surface area (Å²) in [7, 11) is 0. The molecule has 8 heteroatoms. The Bertz CT molecular complexity index is 1040. The van der Waals surface area contributed by atoms with E-state index in [0.29, 0.717) is 5.56 Å². The highest BCUT2D eigenvalue weighted by atomic mass is 19.1. The summed E-state index contributed by atoms with van der Waals surface area (Å²) >= 11 is 0. The van der Waals surface area contributed by atoms with Gasteiger partial charge in [-0.2, -0.15) is 4.39 Å². The van der Waals surface area contributed by atoms with E-state index in [1.165, 1.54) is 18.3 Å². The SMILES string of the molecule is NC1=NC(c2ccccc2)(c2ccc(F)c(-c3cccnc3F)c2)CO1.O=CO. The summed E-state index contributed by atoms with van der Waals surface area (Å²) in [6.07, 6.45) is 1.32. The topological polar surface area (TPSA) is 97.8 Å². The molecule has 1 aromatic heterocycles. The van der Waals surface area contributed by atoms with E-state index in [4.69, 9.17) is 20.4 Å². The Labute approximate surface area is 165 Å². The molecule has 0 spiro atoms. The van der Waals surface area contributed by atoms with Gasteiger partial charge in [-0.15, -0.1) is 0 Å². The van der Waals surface area contributed by atoms with Crippen molar-refractivity contribution in [3.8, 4) is 11.1 Å². The first-order valence-corrected chi connectivity index (χ1v) is 8.54. The molecule has 0 amide bonds. The number of carbonyl (C=O) groups is 1. The Hall–Kier alpha value is -3.81. The standard InChI is InChI=1S/C20H15F2N3O.CH2O2/c21-17-9-8-14(11-16(17)15-7-4-10-24-18(15)22)20(12-26-19(23)25-20)13-5-2-1-3-6-13;2-1-3/h1-11H,12H2,(H2,23,25);1H,(H,2,3). The van der Waals surface area contributed by atoms with E-state index in [0.717, 1.165) is 5.56 Å². The average molecular weight is 397 g/mol. The van der Waals surface area contributed by atoms with Crippen molar-refractivity contribution in [1.29, 1.82) is 0 Å². The predicted octanol–water partition coefficient (Wildman–Crippen LogP) is 3.32. The van der Waals surface area contributed by atoms with E-state index >= 15 is 0 Å². The third kappa shape index (κ3) is 3.91. The van der Waals surface area contributed by atoms with Crippen LogP contribution in [0.15, 0.2) is 71.9 Å². The van der Waals surface area contributed by atoms with E-state index in [9.17, 15) is 8.78 Å². The summed E-state index contributed by atoms with van der Waals surface area (Å²) in [5, 5.41) is 6.89. The maximum absolute atomic E-state index is 14.4. The molecule has 4 rings (SSSR count). The number of pyridine rings is 1. The minimum Gasteiger partial charge on any atom is -0.483 e. The number of nitrogens with two attached hydrogens (primary N) is 1. The normalized spacial score (nSPS) is 17.5. The Morgan fingerprint density at radius 3 is 2.38 bits per heavy atom. The maximum atomic E-state index is 14.4. The van der Waals surface area contributed by atoms with Gasteiger partial charge in [0, 0.05) is 17.3 Å². The zero-order valence-electron chi connectivity index (χ0n) is 15.1. The van der Waals surface area contributed by atoms with Crippen molar-refractivity contribution in [3.63, 3.8) is 0 Å². The van der Waals surface area contributed by atoms with Crippen molar-refractivity contribution >= 4 is 12.5 Å². The molecule has 29 heavy (non-hydrogen) atoms. The molecule has 1 unspecified atom stereocenters. The summed E-state index contributed by atoms with van der Waals surface area (Å²) in [4.78, 5) is 16.5. The van der Waals surface area contributed by atoms with Gasteiger partial charge in [-0.3, -0.25) is 4.79 Å². The number of rotatable bonds is 3. The van der Waals surface area contributed by atoms with Crippen molar-refractivity contribution in [2.75, 3.05) is 6.61 Å². The highest BCUT2D eigenvalue weighted by molar-refractivity contribution is 5.76. The second kappa shape index (κ2) is 8.47. The van der Waals surface area contributed by atoms with Crippen molar-refractivity contribution in [3.05, 3.63) is 89.8 Å². The average Bonchev–Trinajstić information content (AvgIpc) is 3.13. The van der Waals surface area contributed by atoms with Gasteiger partial charge < -0.3 is 15.6 Å². The number of halogens is 2. The van der Waals surface area contributed by atoms with Gasteiger partial charge in [-0.25, -0.2) is 14.4 Å². The quantitative estimate of drug-likeness (QED) is 0.522. The number of aliphatic imine (C=N–C) groups is 1. The van der Waals surface area contributed by atoms with Crippen LogP contribution in [-0.4, -0.2) is 29.2 Å². The predicted molar refractivity (Wildman–Crippen MR) is 103 cm³/mol. The van der Waals surface area contributed by atoms with Crippen molar-refractivity contribution in [2.45, 2.75) is 5.54 Å². The molecule has 6 nitrogen and oxygen atoms in total. The lowest BCUT2D eigenvalue weighted by Gasteiger charge is -2.26. The van der Waals surface area contributed by atoms with E-state index in [2.05, 4.69) is 9.98 Å². The molecule has 148 valence electrons. The molecule has 2 heterocycles. The molecule has 1 aliphatic heterocycles. The van der Waals surface area contributed by atoms with Crippen LogP contribution in [0.5, 0.6) is 0 Å². The van der Waals surface area contributed by atoms with Gasteiger partial charge in [-0.1, -0.05) is 36.4 Å². The first kappa shape index (κ1) is 19.9. The van der Waals surface area contributed by atoms with E-state index in [1.807, 2.05) is 30.3 Å². The van der Waals surface area contributed by atoms with Crippen LogP contribution >= 0.6 is 0 Å². The van der Waals surface area contributed by atoms with Crippen LogP contribution in [0.1, 0.15) is 11.1 Å². The summed E-state index contributed by atoms with van der Waals surface area (Å²) in [6.45, 7) is -0.0660. The second-order valence-corrected chi connectivity index (χ2v) is 6.11. The molecule has 1 aliphatic rings. The van der Waals surface area contributed by atoms with Gasteiger partial charge in [0.1, 0.15) is 12.4 Å². The van der Waals surface area contributed by atoms with Crippen LogP contribution < -0.4 is 5.73 Å². The van der Waals surface area contributed by atoms with Gasteiger partial charge >= 0.3 is 0 Å². The van der Waals surface area contributed by atoms with Gasteiger partial charge in [0.25, 0.3) is 12.5 Å². The molecular weight excluding hydrogens is 380 g/mol. The fraction of sp³-hybridized carbons (Fsp3) is 0.0952. The molecule has 0 saturated carbocycles. The Morgan fingerprint density at radius 2 is 1.76 bits per heavy atom. The number of hydrogen-bond donors (Lipinski definition) is 2. The van der Waals surface area contributed by atoms with Gasteiger partial charge in [0.15, 0.2) is 5.54 Å². The Balaban J connectivity index is 0.000000755. The Morgan fingerprint density at radius 1 is 1.03 bits per heavy atom. The number of ether oxygens (including phenoxy) is 1. The smallest absolute Gasteiger partial charge is 0.290 e. The fourth-order valence-electron chi connectivity index (χ4n) is 3.18. The van der Waals surface area contributed by atoms with E-state index < -0.39 is 17.3 Å². The van der Waals surface area contributed by atoms with Gasteiger partial charge in [-0.05, 0) is 35.4 Å². The first-order valence-electron chi connectivity index (χ1n) is 8.54. The number of aromatic nitrogens is 1. The van der Waals surface area contributed by atoms with Crippen LogP contribution in [0.4, 0.5) is 8.78 Å². The second-order valence-electron chi connectivity index (χ2n) is 6.11. The summed E-state index contributed by atoms with van der Waals surface area (Å²) in [6, 6.07) is 17.1. The molecule has 0 radical (unpaired) electrons. The molecule has 2 aromatic carbocycles. The minimum atomic E-state index is -0.910. The number of carboxylic acid groups (broad SMARTS) is 1. The molecule has 3 N–H and O–H groups in total. The molecule has 0 fully saturated rings. The Kier molecular flexibility index (Phi) is 5.82. The first-order chi connectivity index (χ1) is 14.0. The fourth-order valence-corrected chi connectivity index (χ4v) is 3.18. The number of nitrogens with zero attached hydrogens (tertiary/aromatic N) is 2. The maximum Gasteiger partial charge on any atom is 0.290 e. The van der Waals surface area contributed by atoms with Crippen molar-refractivity contribution in [1.82, 2.24) is 4.98 Å². The minimum absolute atomic E-state index is 0.0623. The molecule has 3 aromatic rings. The van der Waals surface area contributed by atoms with Gasteiger partial charge in [0.2, 0.25) is 5.95 Å². The van der Waals surface area contributed by atoms with Crippen molar-refractivity contribution in [2.24, 2.45) is 10.7 Å². The summed E-state index contributed by atoms with van der Waals surface area (Å²) < 4.78 is 34.0. The lowest BCUT2D eigenvalue weighted by atomic mass is 9.83. The molecular formula is C21H17F2N3O3. The highest BCUT2D eigenvalue weighted by Gasteiger charge is 2.40. The monoisotopic (exact) mass is 397 g/mol. The van der Waals surface area contributed by atoms with Crippen molar-refractivity contribution < 1.29 is 23.4 Å². The van der Waals surface area contributed by atoms with E-state index in [1.54, 1.807) is 18.2 Å². The molecule has 0 saturated heterocycles. The molecule has 0 bridgehead atoms. The van der Waals surface area contributed by atoms with Crippen LogP contribution in [0.25, 0.3) is 11.1 Å². The number of hydrogen-bond acceptors (Lipinski definition) is 5. The van der Waals surface area contributed by atoms with Gasteiger partial charge in [0.05, 0.1) is 0 Å². The van der Waals surface area contributed by atoms with Crippen LogP contribution in [0.3, 0.4) is 0 Å². The zero-order chi connectivity index (χ0) is 20.9. The largest absolute Gasteiger partial charge is 0.483 e. The third-order valence-electron chi connectivity index (χ3n) is 4.47. The lowest BCUT2D eigenvalue weighted by Crippen LogP contribution is -2.27. The highest BCUT2D eigenvalue weighted by Crippen LogP contribution is 2.39.